The molecule has 148 valence electrons. The maximum atomic E-state index is 13.3. The van der Waals surface area contributed by atoms with Crippen molar-refractivity contribution in [2.24, 2.45) is 0 Å². The van der Waals surface area contributed by atoms with Crippen LogP contribution in [0.2, 0.25) is 0 Å². The summed E-state index contributed by atoms with van der Waals surface area (Å²) in [5.41, 5.74) is 5.14. The molecule has 1 N–H and O–H groups in total. The Morgan fingerprint density at radius 1 is 1.04 bits per heavy atom. The van der Waals surface area contributed by atoms with Crippen LogP contribution >= 0.6 is 0 Å². The summed E-state index contributed by atoms with van der Waals surface area (Å²) in [7, 11) is 0. The molecule has 28 heavy (non-hydrogen) atoms. The van der Waals surface area contributed by atoms with Crippen LogP contribution in [0.4, 0.5) is 16.2 Å². The highest BCUT2D eigenvalue weighted by atomic mass is 16.4. The normalized spacial score (nSPS) is 16.1. The Morgan fingerprint density at radius 3 is 2.18 bits per heavy atom. The first-order chi connectivity index (χ1) is 13.4. The first kappa shape index (κ1) is 19.9. The van der Waals surface area contributed by atoms with Crippen molar-refractivity contribution >= 4 is 23.4 Å². The summed E-state index contributed by atoms with van der Waals surface area (Å²) in [6.07, 6.45) is 1.71. The lowest BCUT2D eigenvalue weighted by Gasteiger charge is -2.41. The first-order valence-corrected chi connectivity index (χ1v) is 9.91. The summed E-state index contributed by atoms with van der Waals surface area (Å²) in [4.78, 5) is 28.4. The van der Waals surface area contributed by atoms with Gasteiger partial charge in [-0.05, 0) is 67.6 Å². The number of benzene rings is 2. The van der Waals surface area contributed by atoms with E-state index < -0.39 is 6.09 Å². The van der Waals surface area contributed by atoms with Crippen molar-refractivity contribution in [2.75, 3.05) is 16.3 Å². The minimum Gasteiger partial charge on any atom is -0.465 e. The van der Waals surface area contributed by atoms with Gasteiger partial charge < -0.3 is 10.0 Å². The molecule has 2 amide bonds. The largest absolute Gasteiger partial charge is 0.465 e. The molecule has 0 fully saturated rings. The molecular formula is C23H28N2O3. The molecule has 1 atom stereocenters. The number of hydrogen-bond donors (Lipinski definition) is 1. The number of carbonyl (C=O) groups is 2. The molecule has 0 saturated heterocycles. The van der Waals surface area contributed by atoms with Crippen molar-refractivity contribution in [1.29, 1.82) is 0 Å². The van der Waals surface area contributed by atoms with Gasteiger partial charge >= 0.3 is 6.09 Å². The fraction of sp³-hybridized carbons (Fsp3) is 0.391. The van der Waals surface area contributed by atoms with Gasteiger partial charge in [0, 0.05) is 12.1 Å². The quantitative estimate of drug-likeness (QED) is 0.795. The standard InChI is InChI=1S/C23H28N2O3/c1-5-7-17-8-10-18(11-9-17)22(26)24-14-19(6-2)25(23(27)28)21-13-16(4)15(3)12-20(21)24/h8-13,19H,5-7,14H2,1-4H3,(H,27,28). The van der Waals surface area contributed by atoms with E-state index in [0.717, 1.165) is 24.0 Å². The number of aryl methyl sites for hydroxylation is 3. The number of carboxylic acid groups (broad SMARTS) is 1. The van der Waals surface area contributed by atoms with Gasteiger partial charge in [-0.1, -0.05) is 32.4 Å². The molecule has 1 aliphatic rings. The molecule has 2 aromatic carbocycles. The maximum absolute atomic E-state index is 13.3. The van der Waals surface area contributed by atoms with Gasteiger partial charge in [0.25, 0.3) is 5.91 Å². The van der Waals surface area contributed by atoms with Gasteiger partial charge in [-0.2, -0.15) is 0 Å². The van der Waals surface area contributed by atoms with Crippen LogP contribution in [0.1, 0.15) is 53.7 Å². The van der Waals surface area contributed by atoms with E-state index in [-0.39, 0.29) is 11.9 Å². The Bertz CT molecular complexity index is 889. The van der Waals surface area contributed by atoms with Gasteiger partial charge in [-0.15, -0.1) is 0 Å². The third-order valence-electron chi connectivity index (χ3n) is 5.56. The average molecular weight is 380 g/mol. The molecule has 1 aliphatic heterocycles. The molecule has 0 aliphatic carbocycles. The van der Waals surface area contributed by atoms with Crippen molar-refractivity contribution in [3.8, 4) is 0 Å². The van der Waals surface area contributed by atoms with Crippen molar-refractivity contribution in [1.82, 2.24) is 0 Å². The lowest BCUT2D eigenvalue weighted by molar-refractivity contribution is 0.0982. The average Bonchev–Trinajstić information content (AvgIpc) is 2.68. The first-order valence-electron chi connectivity index (χ1n) is 9.91. The van der Waals surface area contributed by atoms with E-state index in [1.807, 2.05) is 57.2 Å². The molecule has 0 bridgehead atoms. The summed E-state index contributed by atoms with van der Waals surface area (Å²) in [5, 5.41) is 9.79. The van der Waals surface area contributed by atoms with Crippen LogP contribution in [0, 0.1) is 13.8 Å². The van der Waals surface area contributed by atoms with Gasteiger partial charge in [0.2, 0.25) is 0 Å². The van der Waals surface area contributed by atoms with E-state index in [0.29, 0.717) is 29.9 Å². The third-order valence-corrected chi connectivity index (χ3v) is 5.56. The van der Waals surface area contributed by atoms with Crippen molar-refractivity contribution in [2.45, 2.75) is 53.0 Å². The van der Waals surface area contributed by atoms with Crippen LogP contribution in [-0.4, -0.2) is 29.7 Å². The SMILES string of the molecule is CCCc1ccc(C(=O)N2CC(CC)N(C(=O)O)c3cc(C)c(C)cc32)cc1. The molecule has 0 radical (unpaired) electrons. The highest BCUT2D eigenvalue weighted by Gasteiger charge is 2.36. The minimum atomic E-state index is -0.979. The summed E-state index contributed by atoms with van der Waals surface area (Å²) in [6, 6.07) is 11.3. The van der Waals surface area contributed by atoms with Gasteiger partial charge in [0.05, 0.1) is 17.4 Å². The van der Waals surface area contributed by atoms with Gasteiger partial charge in [-0.25, -0.2) is 4.79 Å². The smallest absolute Gasteiger partial charge is 0.412 e. The van der Waals surface area contributed by atoms with Crippen LogP contribution in [-0.2, 0) is 6.42 Å². The van der Waals surface area contributed by atoms with Crippen molar-refractivity contribution < 1.29 is 14.7 Å². The number of carbonyl (C=O) groups excluding carboxylic acids is 1. The fourth-order valence-electron chi connectivity index (χ4n) is 3.80. The van der Waals surface area contributed by atoms with E-state index in [4.69, 9.17) is 0 Å². The molecule has 0 aromatic heterocycles. The number of amides is 2. The number of anilines is 2. The van der Waals surface area contributed by atoms with E-state index in [1.165, 1.54) is 10.5 Å². The van der Waals surface area contributed by atoms with Crippen molar-refractivity contribution in [3.05, 3.63) is 58.7 Å². The molecule has 1 unspecified atom stereocenters. The third kappa shape index (κ3) is 3.61. The van der Waals surface area contributed by atoms with Crippen LogP contribution in [0.15, 0.2) is 36.4 Å². The van der Waals surface area contributed by atoms with Crippen LogP contribution < -0.4 is 9.80 Å². The lowest BCUT2D eigenvalue weighted by Crippen LogP contribution is -2.52. The van der Waals surface area contributed by atoms with Crippen LogP contribution in [0.25, 0.3) is 0 Å². The zero-order chi connectivity index (χ0) is 20.4. The van der Waals surface area contributed by atoms with Crippen molar-refractivity contribution in [3.63, 3.8) is 0 Å². The zero-order valence-corrected chi connectivity index (χ0v) is 17.0. The van der Waals surface area contributed by atoms with E-state index in [2.05, 4.69) is 6.92 Å². The Labute approximate surface area is 166 Å². The van der Waals surface area contributed by atoms with Gasteiger partial charge in [0.15, 0.2) is 0 Å². The molecule has 5 nitrogen and oxygen atoms in total. The highest BCUT2D eigenvalue weighted by molar-refractivity contribution is 6.10. The second kappa shape index (κ2) is 8.05. The summed E-state index contributed by atoms with van der Waals surface area (Å²) >= 11 is 0. The molecule has 5 heteroatoms. The van der Waals surface area contributed by atoms with Crippen LogP contribution in [0.3, 0.4) is 0 Å². The number of hydrogen-bond acceptors (Lipinski definition) is 2. The van der Waals surface area contributed by atoms with Crippen LogP contribution in [0.5, 0.6) is 0 Å². The predicted molar refractivity (Wildman–Crippen MR) is 113 cm³/mol. The predicted octanol–water partition coefficient (Wildman–Crippen LogP) is 5.18. The Kier molecular flexibility index (Phi) is 5.73. The second-order valence-corrected chi connectivity index (χ2v) is 7.50. The topological polar surface area (TPSA) is 60.9 Å². The lowest BCUT2D eigenvalue weighted by atomic mass is 9.99. The molecule has 1 heterocycles. The fourth-order valence-corrected chi connectivity index (χ4v) is 3.80. The number of rotatable bonds is 4. The molecule has 3 rings (SSSR count). The number of fused-ring (bicyclic) bond motifs is 1. The molecular weight excluding hydrogens is 352 g/mol. The zero-order valence-electron chi connectivity index (χ0n) is 17.0. The minimum absolute atomic E-state index is 0.0870. The number of nitrogens with zero attached hydrogens (tertiary/aromatic N) is 2. The monoisotopic (exact) mass is 380 g/mol. The Morgan fingerprint density at radius 2 is 1.64 bits per heavy atom. The molecule has 2 aromatic rings. The Hall–Kier alpha value is -2.82. The Balaban J connectivity index is 2.05. The van der Waals surface area contributed by atoms with E-state index in [1.54, 1.807) is 4.90 Å². The van der Waals surface area contributed by atoms with E-state index >= 15 is 0 Å². The molecule has 0 spiro atoms. The van der Waals surface area contributed by atoms with Gasteiger partial charge in [0.1, 0.15) is 0 Å². The van der Waals surface area contributed by atoms with E-state index in [9.17, 15) is 14.7 Å². The maximum Gasteiger partial charge on any atom is 0.412 e. The second-order valence-electron chi connectivity index (χ2n) is 7.50. The highest BCUT2D eigenvalue weighted by Crippen LogP contribution is 2.39. The summed E-state index contributed by atoms with van der Waals surface area (Å²) in [6.45, 7) is 8.38. The summed E-state index contributed by atoms with van der Waals surface area (Å²) < 4.78 is 0. The van der Waals surface area contributed by atoms with Gasteiger partial charge in [-0.3, -0.25) is 9.69 Å². The molecule has 0 saturated carbocycles. The summed E-state index contributed by atoms with van der Waals surface area (Å²) in [5.74, 6) is -0.0870.